The van der Waals surface area contributed by atoms with Crippen molar-refractivity contribution in [3.05, 3.63) is 82.9 Å². The molecule has 1 aliphatic heterocycles. The molecule has 2 fully saturated rings. The topological polar surface area (TPSA) is 147 Å². The van der Waals surface area contributed by atoms with Crippen molar-refractivity contribution in [1.82, 2.24) is 24.6 Å². The number of Topliss-reactive ketones (excluding diaryl/α,β-unsaturated/α-hetero) is 1. The number of aliphatic carboxylic acids is 1. The van der Waals surface area contributed by atoms with Gasteiger partial charge < -0.3 is 15.3 Å². The summed E-state index contributed by atoms with van der Waals surface area (Å²) in [7, 11) is 0. The van der Waals surface area contributed by atoms with Gasteiger partial charge >= 0.3 is 5.97 Å². The first-order chi connectivity index (χ1) is 21.9. The van der Waals surface area contributed by atoms with Crippen LogP contribution in [-0.2, 0) is 26.3 Å². The molecule has 1 aliphatic carbocycles. The molecule has 46 heavy (non-hydrogen) atoms. The fraction of sp³-hybridized carbons (Fsp3) is 0.324. The van der Waals surface area contributed by atoms with Gasteiger partial charge in [0.1, 0.15) is 28.7 Å². The minimum Gasteiger partial charge on any atom is -0.481 e. The molecule has 1 saturated heterocycles. The van der Waals surface area contributed by atoms with E-state index >= 15 is 0 Å². The van der Waals surface area contributed by atoms with Gasteiger partial charge in [0.25, 0.3) is 0 Å². The Hall–Kier alpha value is -4.71. The van der Waals surface area contributed by atoms with E-state index in [0.717, 1.165) is 11.1 Å². The van der Waals surface area contributed by atoms with Crippen molar-refractivity contribution in [2.24, 2.45) is 5.92 Å². The number of carbonyl (C=O) groups is 4. The van der Waals surface area contributed by atoms with Crippen LogP contribution in [0, 0.1) is 12.8 Å². The molecule has 2 amide bonds. The van der Waals surface area contributed by atoms with Gasteiger partial charge in [-0.3, -0.25) is 28.8 Å². The maximum Gasteiger partial charge on any atom is 0.314 e. The molecule has 6 rings (SSSR count). The zero-order valence-electron chi connectivity index (χ0n) is 25.7. The molecule has 1 saturated carbocycles. The lowest BCUT2D eigenvalue weighted by Gasteiger charge is -2.29. The summed E-state index contributed by atoms with van der Waals surface area (Å²) in [5.74, 6) is -1.41. The highest BCUT2D eigenvalue weighted by molar-refractivity contribution is 9.10. The Morgan fingerprint density at radius 3 is 2.57 bits per heavy atom. The molecule has 1 aromatic carbocycles. The van der Waals surface area contributed by atoms with Crippen molar-refractivity contribution >= 4 is 56.2 Å². The first kappa shape index (κ1) is 31.3. The SMILES string of the molecule is C=C[C@@H]1[C@@H](C)C[C@@H](C(=O)Nc2nc(Br)ccc2C)N1C(=O)Cn1nc(C(C)=O)c2cc(-c3cncc(C4(C(=O)O)CC4)c3)ccc21. The molecule has 11 nitrogen and oxygen atoms in total. The minimum atomic E-state index is -0.901. The van der Waals surface area contributed by atoms with Crippen molar-refractivity contribution in [2.75, 3.05) is 5.32 Å². The number of fused-ring (bicyclic) bond motifs is 1. The number of ketones is 1. The van der Waals surface area contributed by atoms with Crippen LogP contribution in [0.15, 0.2) is 66.1 Å². The first-order valence-electron chi connectivity index (χ1n) is 15.0. The molecule has 4 aromatic rings. The van der Waals surface area contributed by atoms with Crippen LogP contribution in [0.1, 0.15) is 54.7 Å². The second kappa shape index (κ2) is 11.9. The fourth-order valence-corrected chi connectivity index (χ4v) is 6.71. The number of rotatable bonds is 9. The number of likely N-dealkylation sites (tertiary alicyclic amines) is 1. The molecule has 0 spiro atoms. The maximum atomic E-state index is 14.0. The van der Waals surface area contributed by atoms with Gasteiger partial charge in [-0.05, 0) is 89.0 Å². The van der Waals surface area contributed by atoms with Crippen molar-refractivity contribution in [3.63, 3.8) is 0 Å². The number of hydrogen-bond donors (Lipinski definition) is 2. The van der Waals surface area contributed by atoms with E-state index in [4.69, 9.17) is 0 Å². The molecule has 0 unspecified atom stereocenters. The second-order valence-electron chi connectivity index (χ2n) is 12.2. The lowest BCUT2D eigenvalue weighted by Crippen LogP contribution is -2.48. The van der Waals surface area contributed by atoms with E-state index in [1.807, 2.05) is 38.1 Å². The van der Waals surface area contributed by atoms with E-state index < -0.39 is 17.4 Å². The molecule has 4 heterocycles. The number of halogens is 1. The van der Waals surface area contributed by atoms with Gasteiger partial charge in [0.2, 0.25) is 11.8 Å². The van der Waals surface area contributed by atoms with Crippen LogP contribution in [0.5, 0.6) is 0 Å². The predicted octanol–water partition coefficient (Wildman–Crippen LogP) is 5.31. The highest BCUT2D eigenvalue weighted by Gasteiger charge is 2.52. The van der Waals surface area contributed by atoms with Gasteiger partial charge in [-0.15, -0.1) is 6.58 Å². The summed E-state index contributed by atoms with van der Waals surface area (Å²) in [6.45, 7) is 8.98. The van der Waals surface area contributed by atoms with Gasteiger partial charge in [-0.2, -0.15) is 5.10 Å². The van der Waals surface area contributed by atoms with Crippen molar-refractivity contribution in [3.8, 4) is 11.1 Å². The number of hydrogen-bond acceptors (Lipinski definition) is 7. The third-order valence-corrected chi connectivity index (χ3v) is 9.57. The molecule has 2 N–H and O–H groups in total. The summed E-state index contributed by atoms with van der Waals surface area (Å²) in [6.07, 6.45) is 6.50. The zero-order chi connectivity index (χ0) is 32.9. The highest BCUT2D eigenvalue weighted by atomic mass is 79.9. The Balaban J connectivity index is 1.31. The van der Waals surface area contributed by atoms with E-state index in [2.05, 4.69) is 42.9 Å². The normalized spacial score (nSPS) is 20.0. The second-order valence-corrected chi connectivity index (χ2v) is 13.0. The number of amides is 2. The van der Waals surface area contributed by atoms with E-state index in [1.54, 1.807) is 35.5 Å². The van der Waals surface area contributed by atoms with Gasteiger partial charge in [0.15, 0.2) is 5.78 Å². The number of pyridine rings is 2. The summed E-state index contributed by atoms with van der Waals surface area (Å²) >= 11 is 3.34. The number of nitrogens with zero attached hydrogens (tertiary/aromatic N) is 5. The Bertz CT molecular complexity index is 1930. The largest absolute Gasteiger partial charge is 0.481 e. The number of anilines is 1. The summed E-state index contributed by atoms with van der Waals surface area (Å²) in [5, 5.41) is 17.7. The quantitative estimate of drug-likeness (QED) is 0.137. The molecule has 12 heteroatoms. The number of aryl methyl sites for hydroxylation is 1. The zero-order valence-corrected chi connectivity index (χ0v) is 27.2. The number of carbonyl (C=O) groups excluding carboxylic acids is 3. The summed E-state index contributed by atoms with van der Waals surface area (Å²) < 4.78 is 2.07. The van der Waals surface area contributed by atoms with E-state index in [0.29, 0.717) is 51.7 Å². The number of benzene rings is 1. The highest BCUT2D eigenvalue weighted by Crippen LogP contribution is 2.48. The average molecular weight is 686 g/mol. The van der Waals surface area contributed by atoms with Gasteiger partial charge in [-0.1, -0.05) is 25.1 Å². The van der Waals surface area contributed by atoms with Crippen molar-refractivity contribution in [2.45, 2.75) is 64.1 Å². The maximum absolute atomic E-state index is 14.0. The summed E-state index contributed by atoms with van der Waals surface area (Å²) in [5.41, 5.74) is 2.77. The monoisotopic (exact) mass is 684 g/mol. The molecular formula is C34H33BrN6O5. The van der Waals surface area contributed by atoms with Gasteiger partial charge in [-0.25, -0.2) is 4.98 Å². The Kier molecular flexibility index (Phi) is 8.09. The van der Waals surface area contributed by atoms with Crippen LogP contribution in [0.4, 0.5) is 5.82 Å². The summed E-state index contributed by atoms with van der Waals surface area (Å²) in [4.78, 5) is 62.4. The number of nitrogens with one attached hydrogen (secondary N) is 1. The fourth-order valence-electron chi connectivity index (χ4n) is 6.40. The van der Waals surface area contributed by atoms with Crippen LogP contribution >= 0.6 is 15.9 Å². The van der Waals surface area contributed by atoms with Crippen LogP contribution in [-0.4, -0.2) is 65.4 Å². The lowest BCUT2D eigenvalue weighted by atomic mass is 9.94. The van der Waals surface area contributed by atoms with E-state index in [1.165, 1.54) is 11.6 Å². The van der Waals surface area contributed by atoms with Crippen LogP contribution in [0.2, 0.25) is 0 Å². The lowest BCUT2D eigenvalue weighted by molar-refractivity contribution is -0.140. The smallest absolute Gasteiger partial charge is 0.314 e. The number of carboxylic acids is 1. The Labute approximate surface area is 273 Å². The predicted molar refractivity (Wildman–Crippen MR) is 175 cm³/mol. The Morgan fingerprint density at radius 2 is 1.89 bits per heavy atom. The molecule has 2 aliphatic rings. The van der Waals surface area contributed by atoms with Crippen LogP contribution < -0.4 is 5.32 Å². The van der Waals surface area contributed by atoms with Crippen LogP contribution in [0.25, 0.3) is 22.0 Å². The number of aromatic nitrogens is 4. The molecule has 0 bridgehead atoms. The van der Waals surface area contributed by atoms with E-state index in [-0.39, 0.29) is 41.8 Å². The van der Waals surface area contributed by atoms with E-state index in [9.17, 15) is 24.3 Å². The molecule has 3 aromatic heterocycles. The number of carboxylic acid groups (broad SMARTS) is 1. The third kappa shape index (κ3) is 5.51. The van der Waals surface area contributed by atoms with Gasteiger partial charge in [0, 0.05) is 30.3 Å². The first-order valence-corrected chi connectivity index (χ1v) is 15.8. The Morgan fingerprint density at radius 1 is 1.13 bits per heavy atom. The van der Waals surface area contributed by atoms with Crippen molar-refractivity contribution in [1.29, 1.82) is 0 Å². The van der Waals surface area contributed by atoms with Crippen molar-refractivity contribution < 1.29 is 24.3 Å². The summed E-state index contributed by atoms with van der Waals surface area (Å²) in [6, 6.07) is 9.77. The minimum absolute atomic E-state index is 0.0150. The standard InChI is InChI=1S/C34H33BrN6O5/c1-5-25-19(3)12-27(32(44)38-31-18(2)6-9-28(35)37-31)41(25)29(43)17-40-26-8-7-21(14-24(26)30(39-40)20(4)42)22-13-23(16-36-15-22)34(10-11-34)33(45)46/h5-9,13-16,19,25,27H,1,10-12,17H2,2-4H3,(H,45,46)(H,37,38,44)/t19-,25+,27-/m0/s1. The van der Waals surface area contributed by atoms with Gasteiger partial charge in [0.05, 0.1) is 17.0 Å². The molecule has 236 valence electrons. The third-order valence-electron chi connectivity index (χ3n) is 9.12. The average Bonchev–Trinajstić information content (AvgIpc) is 3.68. The van der Waals surface area contributed by atoms with Crippen LogP contribution in [0.3, 0.4) is 0 Å². The molecular weight excluding hydrogens is 652 g/mol. The molecule has 0 radical (unpaired) electrons. The molecule has 3 atom stereocenters.